The minimum absolute atomic E-state index is 0.0931. The Morgan fingerprint density at radius 2 is 2.11 bits per heavy atom. The molecule has 0 aliphatic carbocycles. The third kappa shape index (κ3) is 3.88. The number of aryl methyl sites for hydroxylation is 1. The van der Waals surface area contributed by atoms with E-state index in [0.29, 0.717) is 18.9 Å². The number of carbonyl (C=O) groups is 2. The largest absolute Gasteiger partial charge is 0.493 e. The summed E-state index contributed by atoms with van der Waals surface area (Å²) in [6, 6.07) is 6.04. The highest BCUT2D eigenvalue weighted by Gasteiger charge is 2.40. The van der Waals surface area contributed by atoms with E-state index in [1.165, 1.54) is 0 Å². The van der Waals surface area contributed by atoms with Crippen LogP contribution in [0.4, 0.5) is 0 Å². The van der Waals surface area contributed by atoms with Gasteiger partial charge in [0.25, 0.3) is 5.91 Å². The normalized spacial score (nSPS) is 24.4. The molecule has 3 aliphatic rings. The average molecular weight is 386 g/mol. The van der Waals surface area contributed by atoms with Crippen LogP contribution in [0.2, 0.25) is 0 Å². The Bertz CT molecular complexity index is 735. The molecule has 0 aromatic heterocycles. The van der Waals surface area contributed by atoms with Gasteiger partial charge in [0, 0.05) is 44.3 Å². The van der Waals surface area contributed by atoms with Gasteiger partial charge in [-0.1, -0.05) is 0 Å². The summed E-state index contributed by atoms with van der Waals surface area (Å²) in [5.74, 6) is 1.58. The van der Waals surface area contributed by atoms with Crippen molar-refractivity contribution >= 4 is 11.8 Å². The first-order valence-electron chi connectivity index (χ1n) is 10.6. The van der Waals surface area contributed by atoms with Crippen molar-refractivity contribution in [3.63, 3.8) is 0 Å². The van der Waals surface area contributed by atoms with Gasteiger partial charge in [-0.3, -0.25) is 9.59 Å². The first-order valence-corrected chi connectivity index (χ1v) is 10.6. The van der Waals surface area contributed by atoms with Gasteiger partial charge in [-0.25, -0.2) is 0 Å². The number of hydrogen-bond acceptors (Lipinski definition) is 4. The molecule has 6 heteroatoms. The number of likely N-dealkylation sites (tertiary alicyclic amines) is 2. The van der Waals surface area contributed by atoms with Crippen LogP contribution in [0.25, 0.3) is 0 Å². The molecule has 2 fully saturated rings. The zero-order chi connectivity index (χ0) is 19.5. The standard InChI is InChI=1S/C22H30N2O4/c25-12-2-1-10-24-19-9-11-23(15-18(19)6-8-21(24)26)22(27)17-5-7-20-16(14-17)4-3-13-28-20/h5,7,14,18-19,25H,1-4,6,8-13,15H2/t18-,19+/m0/s1. The van der Waals surface area contributed by atoms with Crippen LogP contribution in [0.3, 0.4) is 0 Å². The van der Waals surface area contributed by atoms with Gasteiger partial charge in [0.05, 0.1) is 6.61 Å². The van der Waals surface area contributed by atoms with Crippen LogP contribution in [0.1, 0.15) is 54.4 Å². The predicted molar refractivity (Wildman–Crippen MR) is 105 cm³/mol. The Labute approximate surface area is 166 Å². The van der Waals surface area contributed by atoms with E-state index in [2.05, 4.69) is 0 Å². The van der Waals surface area contributed by atoms with Crippen molar-refractivity contribution in [2.45, 2.75) is 51.0 Å². The lowest BCUT2D eigenvalue weighted by molar-refractivity contribution is -0.140. The van der Waals surface area contributed by atoms with Crippen molar-refractivity contribution in [2.75, 3.05) is 32.8 Å². The number of aliphatic hydroxyl groups is 1. The lowest BCUT2D eigenvalue weighted by Gasteiger charge is -2.47. The highest BCUT2D eigenvalue weighted by molar-refractivity contribution is 5.94. The van der Waals surface area contributed by atoms with E-state index in [-0.39, 0.29) is 24.5 Å². The number of aliphatic hydroxyl groups excluding tert-OH is 1. The molecule has 2 saturated heterocycles. The fourth-order valence-corrected chi connectivity index (χ4v) is 4.90. The summed E-state index contributed by atoms with van der Waals surface area (Å²) < 4.78 is 5.66. The fraction of sp³-hybridized carbons (Fsp3) is 0.636. The molecule has 0 bridgehead atoms. The summed E-state index contributed by atoms with van der Waals surface area (Å²) in [7, 11) is 0. The fourth-order valence-electron chi connectivity index (χ4n) is 4.90. The van der Waals surface area contributed by atoms with Crippen molar-refractivity contribution in [2.24, 2.45) is 5.92 Å². The molecule has 3 heterocycles. The molecule has 6 nitrogen and oxygen atoms in total. The topological polar surface area (TPSA) is 70.1 Å². The van der Waals surface area contributed by atoms with Crippen molar-refractivity contribution in [3.05, 3.63) is 29.3 Å². The Kier molecular flexibility index (Phi) is 5.85. The Morgan fingerprint density at radius 1 is 1.21 bits per heavy atom. The van der Waals surface area contributed by atoms with Gasteiger partial charge in [-0.15, -0.1) is 0 Å². The molecule has 0 radical (unpaired) electrons. The smallest absolute Gasteiger partial charge is 0.253 e. The zero-order valence-electron chi connectivity index (χ0n) is 16.4. The van der Waals surface area contributed by atoms with Gasteiger partial charge in [0.1, 0.15) is 5.75 Å². The molecule has 1 N–H and O–H groups in total. The SMILES string of the molecule is O=C(c1ccc2c(c1)CCCO2)N1CC[C@@H]2[C@@H](CCC(=O)N2CCCCO)C1. The monoisotopic (exact) mass is 386 g/mol. The third-order valence-electron chi connectivity index (χ3n) is 6.39. The molecule has 152 valence electrons. The highest BCUT2D eigenvalue weighted by atomic mass is 16.5. The Morgan fingerprint density at radius 3 is 2.96 bits per heavy atom. The number of amides is 2. The average Bonchev–Trinajstić information content (AvgIpc) is 2.74. The maximum atomic E-state index is 13.1. The summed E-state index contributed by atoms with van der Waals surface area (Å²) in [5, 5.41) is 9.02. The molecule has 4 rings (SSSR count). The van der Waals surface area contributed by atoms with E-state index in [9.17, 15) is 9.59 Å². The van der Waals surface area contributed by atoms with Crippen LogP contribution in [0, 0.1) is 5.92 Å². The first-order chi connectivity index (χ1) is 13.7. The van der Waals surface area contributed by atoms with E-state index < -0.39 is 0 Å². The number of ether oxygens (including phenoxy) is 1. The molecular weight excluding hydrogens is 356 g/mol. The summed E-state index contributed by atoms with van der Waals surface area (Å²) in [6.07, 6.45) is 5.80. The maximum absolute atomic E-state index is 13.1. The Balaban J connectivity index is 1.42. The molecule has 1 aromatic rings. The molecule has 1 aromatic carbocycles. The second kappa shape index (κ2) is 8.52. The van der Waals surface area contributed by atoms with Crippen LogP contribution in [-0.2, 0) is 11.2 Å². The number of carbonyl (C=O) groups excluding carboxylic acids is 2. The molecule has 28 heavy (non-hydrogen) atoms. The quantitative estimate of drug-likeness (QED) is 0.788. The van der Waals surface area contributed by atoms with Gasteiger partial charge in [0.2, 0.25) is 5.91 Å². The van der Waals surface area contributed by atoms with Crippen LogP contribution >= 0.6 is 0 Å². The van der Waals surface area contributed by atoms with Crippen LogP contribution in [0.5, 0.6) is 5.75 Å². The number of piperidine rings is 2. The van der Waals surface area contributed by atoms with Gasteiger partial charge >= 0.3 is 0 Å². The molecule has 0 unspecified atom stereocenters. The van der Waals surface area contributed by atoms with E-state index in [1.807, 2.05) is 28.0 Å². The molecule has 2 atom stereocenters. The second-order valence-electron chi connectivity index (χ2n) is 8.20. The molecule has 2 amide bonds. The van der Waals surface area contributed by atoms with Gasteiger partial charge in [-0.05, 0) is 68.2 Å². The number of nitrogens with zero attached hydrogens (tertiary/aromatic N) is 2. The minimum atomic E-state index is 0.0931. The van der Waals surface area contributed by atoms with E-state index in [0.717, 1.165) is 75.1 Å². The van der Waals surface area contributed by atoms with Crippen LogP contribution < -0.4 is 4.74 Å². The lowest BCUT2D eigenvalue weighted by Crippen LogP contribution is -2.57. The van der Waals surface area contributed by atoms with E-state index in [4.69, 9.17) is 9.84 Å². The van der Waals surface area contributed by atoms with E-state index >= 15 is 0 Å². The highest BCUT2D eigenvalue weighted by Crippen LogP contribution is 2.33. The number of fused-ring (bicyclic) bond motifs is 2. The second-order valence-corrected chi connectivity index (χ2v) is 8.20. The predicted octanol–water partition coefficient (Wildman–Crippen LogP) is 2.24. The summed E-state index contributed by atoms with van der Waals surface area (Å²) in [5.41, 5.74) is 1.87. The zero-order valence-corrected chi connectivity index (χ0v) is 16.4. The van der Waals surface area contributed by atoms with Crippen LogP contribution in [0.15, 0.2) is 18.2 Å². The number of rotatable bonds is 5. The van der Waals surface area contributed by atoms with Gasteiger partial charge < -0.3 is 19.6 Å². The van der Waals surface area contributed by atoms with Crippen molar-refractivity contribution in [1.82, 2.24) is 9.80 Å². The van der Waals surface area contributed by atoms with Gasteiger partial charge in [-0.2, -0.15) is 0 Å². The van der Waals surface area contributed by atoms with Crippen molar-refractivity contribution in [1.29, 1.82) is 0 Å². The molecule has 3 aliphatic heterocycles. The molecule has 0 saturated carbocycles. The van der Waals surface area contributed by atoms with Crippen molar-refractivity contribution < 1.29 is 19.4 Å². The van der Waals surface area contributed by atoms with E-state index in [1.54, 1.807) is 0 Å². The summed E-state index contributed by atoms with van der Waals surface area (Å²) >= 11 is 0. The van der Waals surface area contributed by atoms with Crippen molar-refractivity contribution in [3.8, 4) is 5.75 Å². The number of unbranched alkanes of at least 4 members (excludes halogenated alkanes) is 1. The Hall–Kier alpha value is -2.08. The number of benzene rings is 1. The summed E-state index contributed by atoms with van der Waals surface area (Å²) in [6.45, 7) is 3.06. The van der Waals surface area contributed by atoms with Crippen LogP contribution in [-0.4, -0.2) is 65.6 Å². The molecule has 0 spiro atoms. The third-order valence-corrected chi connectivity index (χ3v) is 6.39. The van der Waals surface area contributed by atoms with Gasteiger partial charge in [0.15, 0.2) is 0 Å². The lowest BCUT2D eigenvalue weighted by atomic mass is 9.83. The first kappa shape index (κ1) is 19.2. The summed E-state index contributed by atoms with van der Waals surface area (Å²) in [4.78, 5) is 29.5. The minimum Gasteiger partial charge on any atom is -0.493 e. The number of hydrogen-bond donors (Lipinski definition) is 1. The molecular formula is C22H30N2O4. The maximum Gasteiger partial charge on any atom is 0.253 e.